The smallest absolute Gasteiger partial charge is 0.126 e. The minimum atomic E-state index is 0.509. The van der Waals surface area contributed by atoms with Crippen LogP contribution in [0.25, 0.3) is 0 Å². The van der Waals surface area contributed by atoms with Gasteiger partial charge in [0, 0.05) is 50.1 Å². The Balaban J connectivity index is 1.47. The highest BCUT2D eigenvalue weighted by Gasteiger charge is 2.21. The van der Waals surface area contributed by atoms with E-state index in [1.807, 2.05) is 25.1 Å². The van der Waals surface area contributed by atoms with Gasteiger partial charge in [-0.05, 0) is 38.1 Å². The first-order chi connectivity index (χ1) is 11.2. The molecule has 0 radical (unpaired) electrons. The van der Waals surface area contributed by atoms with Crippen molar-refractivity contribution in [2.45, 2.75) is 19.9 Å². The van der Waals surface area contributed by atoms with Crippen molar-refractivity contribution >= 4 is 11.5 Å². The van der Waals surface area contributed by atoms with E-state index in [-0.39, 0.29) is 0 Å². The van der Waals surface area contributed by atoms with E-state index in [0.29, 0.717) is 6.04 Å². The molecule has 1 aliphatic rings. The Kier molecular flexibility index (Phi) is 5.13. The number of nitrogens with one attached hydrogen (secondary N) is 1. The minimum absolute atomic E-state index is 0.509. The van der Waals surface area contributed by atoms with Gasteiger partial charge in [-0.15, -0.1) is 0 Å². The molecule has 0 bridgehead atoms. The van der Waals surface area contributed by atoms with E-state index in [1.54, 1.807) is 0 Å². The van der Waals surface area contributed by atoms with Crippen LogP contribution in [0.2, 0.25) is 0 Å². The third-order valence-corrected chi connectivity index (χ3v) is 4.53. The Bertz CT molecular complexity index is 606. The van der Waals surface area contributed by atoms with Crippen molar-refractivity contribution in [2.75, 3.05) is 42.9 Å². The number of hydrogen-bond donors (Lipinski definition) is 1. The lowest BCUT2D eigenvalue weighted by atomic mass is 10.2. The third kappa shape index (κ3) is 4.23. The first kappa shape index (κ1) is 15.8. The van der Waals surface area contributed by atoms with E-state index in [1.165, 1.54) is 5.69 Å². The maximum atomic E-state index is 4.50. The van der Waals surface area contributed by atoms with E-state index in [2.05, 4.69) is 57.4 Å². The van der Waals surface area contributed by atoms with Gasteiger partial charge in [0.25, 0.3) is 0 Å². The third-order valence-electron chi connectivity index (χ3n) is 4.53. The number of rotatable bonds is 5. The largest absolute Gasteiger partial charge is 0.369 e. The molecule has 23 heavy (non-hydrogen) atoms. The summed E-state index contributed by atoms with van der Waals surface area (Å²) in [6, 6.07) is 17.3. The van der Waals surface area contributed by atoms with Gasteiger partial charge in [0.1, 0.15) is 5.82 Å². The second-order valence-electron chi connectivity index (χ2n) is 6.25. The number of anilines is 2. The van der Waals surface area contributed by atoms with Crippen LogP contribution in [0.3, 0.4) is 0 Å². The molecule has 1 saturated heterocycles. The molecule has 122 valence electrons. The number of para-hydroxylation sites is 1. The average molecular weight is 310 g/mol. The fraction of sp³-hybridized carbons (Fsp3) is 0.421. The van der Waals surface area contributed by atoms with Gasteiger partial charge in [0.2, 0.25) is 0 Å². The molecular formula is C19H26N4. The van der Waals surface area contributed by atoms with Crippen molar-refractivity contribution in [3.8, 4) is 0 Å². The van der Waals surface area contributed by atoms with Gasteiger partial charge in [-0.1, -0.05) is 24.3 Å². The van der Waals surface area contributed by atoms with Crippen LogP contribution >= 0.6 is 0 Å². The Morgan fingerprint density at radius 3 is 2.43 bits per heavy atom. The minimum Gasteiger partial charge on any atom is -0.369 e. The highest BCUT2D eigenvalue weighted by atomic mass is 15.3. The zero-order valence-electron chi connectivity index (χ0n) is 14.1. The lowest BCUT2D eigenvalue weighted by molar-refractivity contribution is 0.204. The van der Waals surface area contributed by atoms with Crippen LogP contribution in [-0.2, 0) is 0 Å². The number of hydrogen-bond acceptors (Lipinski definition) is 4. The van der Waals surface area contributed by atoms with E-state index in [0.717, 1.165) is 44.2 Å². The number of aromatic nitrogens is 1. The lowest BCUT2D eigenvalue weighted by Gasteiger charge is -2.39. The Morgan fingerprint density at radius 2 is 1.74 bits per heavy atom. The van der Waals surface area contributed by atoms with E-state index >= 15 is 0 Å². The van der Waals surface area contributed by atoms with Gasteiger partial charge in [-0.25, -0.2) is 4.98 Å². The van der Waals surface area contributed by atoms with E-state index in [9.17, 15) is 0 Å². The van der Waals surface area contributed by atoms with Gasteiger partial charge in [0.05, 0.1) is 0 Å². The summed E-state index contributed by atoms with van der Waals surface area (Å²) in [4.78, 5) is 9.53. The molecule has 4 heteroatoms. The van der Waals surface area contributed by atoms with Crippen molar-refractivity contribution < 1.29 is 0 Å². The van der Waals surface area contributed by atoms with Crippen molar-refractivity contribution in [2.24, 2.45) is 0 Å². The summed E-state index contributed by atoms with van der Waals surface area (Å²) < 4.78 is 0. The predicted molar refractivity (Wildman–Crippen MR) is 97.2 cm³/mol. The molecule has 1 aromatic carbocycles. The highest BCUT2D eigenvalue weighted by molar-refractivity contribution is 5.46. The number of aryl methyl sites for hydroxylation is 1. The summed E-state index contributed by atoms with van der Waals surface area (Å²) in [5.74, 6) is 0.972. The SMILES string of the molecule is Cc1cccc(NCC(C)N2CCN(c3ccccc3)CC2)n1. The maximum absolute atomic E-state index is 4.50. The number of benzene rings is 1. The molecule has 1 atom stereocenters. The van der Waals surface area contributed by atoms with Gasteiger partial charge in [-0.3, -0.25) is 4.90 Å². The van der Waals surface area contributed by atoms with Gasteiger partial charge in [-0.2, -0.15) is 0 Å². The van der Waals surface area contributed by atoms with Crippen LogP contribution < -0.4 is 10.2 Å². The van der Waals surface area contributed by atoms with Crippen LogP contribution in [0.4, 0.5) is 11.5 Å². The molecular weight excluding hydrogens is 284 g/mol. The summed E-state index contributed by atoms with van der Waals surface area (Å²) >= 11 is 0. The first-order valence-electron chi connectivity index (χ1n) is 8.44. The van der Waals surface area contributed by atoms with Crippen molar-refractivity contribution in [1.82, 2.24) is 9.88 Å². The topological polar surface area (TPSA) is 31.4 Å². The predicted octanol–water partition coefficient (Wildman–Crippen LogP) is 3.01. The zero-order chi connectivity index (χ0) is 16.1. The molecule has 2 aromatic rings. The summed E-state index contributed by atoms with van der Waals surface area (Å²) in [5.41, 5.74) is 2.39. The van der Waals surface area contributed by atoms with E-state index in [4.69, 9.17) is 0 Å². The monoisotopic (exact) mass is 310 g/mol. The molecule has 0 spiro atoms. The molecule has 0 amide bonds. The second kappa shape index (κ2) is 7.47. The summed E-state index contributed by atoms with van der Waals surface area (Å²) in [7, 11) is 0. The molecule has 1 aliphatic heterocycles. The molecule has 1 unspecified atom stereocenters. The second-order valence-corrected chi connectivity index (χ2v) is 6.25. The van der Waals surface area contributed by atoms with Crippen LogP contribution in [0, 0.1) is 6.92 Å². The quantitative estimate of drug-likeness (QED) is 0.920. The fourth-order valence-electron chi connectivity index (χ4n) is 3.08. The molecule has 0 saturated carbocycles. The zero-order valence-corrected chi connectivity index (χ0v) is 14.1. The van der Waals surface area contributed by atoms with Gasteiger partial charge >= 0.3 is 0 Å². The van der Waals surface area contributed by atoms with Gasteiger partial charge in [0.15, 0.2) is 0 Å². The van der Waals surface area contributed by atoms with E-state index < -0.39 is 0 Å². The molecule has 3 rings (SSSR count). The van der Waals surface area contributed by atoms with Crippen molar-refractivity contribution in [3.63, 3.8) is 0 Å². The summed E-state index contributed by atoms with van der Waals surface area (Å²) in [6.45, 7) is 9.66. The molecule has 0 aliphatic carbocycles. The van der Waals surface area contributed by atoms with Crippen LogP contribution in [-0.4, -0.2) is 48.6 Å². The lowest BCUT2D eigenvalue weighted by Crippen LogP contribution is -2.51. The standard InChI is InChI=1S/C19H26N4/c1-16-7-6-10-19(21-16)20-15-17(2)22-11-13-23(14-12-22)18-8-4-3-5-9-18/h3-10,17H,11-15H2,1-2H3,(H,20,21). The maximum Gasteiger partial charge on any atom is 0.126 e. The molecule has 1 N–H and O–H groups in total. The van der Waals surface area contributed by atoms with Crippen LogP contribution in [0.1, 0.15) is 12.6 Å². The summed E-state index contributed by atoms with van der Waals surface area (Å²) in [5, 5.41) is 3.46. The highest BCUT2D eigenvalue weighted by Crippen LogP contribution is 2.16. The molecule has 4 nitrogen and oxygen atoms in total. The summed E-state index contributed by atoms with van der Waals surface area (Å²) in [6.07, 6.45) is 0. The Morgan fingerprint density at radius 1 is 1.00 bits per heavy atom. The fourth-order valence-corrected chi connectivity index (χ4v) is 3.08. The number of nitrogens with zero attached hydrogens (tertiary/aromatic N) is 3. The van der Waals surface area contributed by atoms with Crippen molar-refractivity contribution in [3.05, 3.63) is 54.2 Å². The molecule has 2 heterocycles. The van der Waals surface area contributed by atoms with Crippen molar-refractivity contribution in [1.29, 1.82) is 0 Å². The number of pyridine rings is 1. The van der Waals surface area contributed by atoms with Gasteiger partial charge < -0.3 is 10.2 Å². The normalized spacial score (nSPS) is 17.0. The molecule has 1 fully saturated rings. The number of piperazine rings is 1. The van der Waals surface area contributed by atoms with Crippen LogP contribution in [0.15, 0.2) is 48.5 Å². The average Bonchev–Trinajstić information content (AvgIpc) is 2.61. The first-order valence-corrected chi connectivity index (χ1v) is 8.44. The Labute approximate surface area is 139 Å². The Hall–Kier alpha value is -2.07. The molecule has 1 aromatic heterocycles. The van der Waals surface area contributed by atoms with Crippen LogP contribution in [0.5, 0.6) is 0 Å².